The second kappa shape index (κ2) is 9.90. The van der Waals surface area contributed by atoms with Crippen LogP contribution in [0.4, 0.5) is 0 Å². The predicted molar refractivity (Wildman–Crippen MR) is 83.3 cm³/mol. The van der Waals surface area contributed by atoms with E-state index < -0.39 is 0 Å². The van der Waals surface area contributed by atoms with Gasteiger partial charge in [-0.3, -0.25) is 4.79 Å². The fraction of sp³-hybridized carbons (Fsp3) is 0.875. The van der Waals surface area contributed by atoms with Crippen molar-refractivity contribution >= 4 is 12.2 Å². The van der Waals surface area contributed by atoms with Crippen molar-refractivity contribution in [1.29, 1.82) is 0 Å². The lowest BCUT2D eigenvalue weighted by atomic mass is 10.0. The lowest BCUT2D eigenvalue weighted by molar-refractivity contribution is -0.121. The predicted octanol–water partition coefficient (Wildman–Crippen LogP) is 2.47. The number of amides is 1. The molecule has 5 nitrogen and oxygen atoms in total. The highest BCUT2D eigenvalue weighted by Crippen LogP contribution is 2.19. The SMILES string of the molecule is CCC(=O)NCCC(C)(C)OCCC(C)(C)OCCC=O. The van der Waals surface area contributed by atoms with Crippen LogP contribution in [0.1, 0.15) is 60.3 Å². The van der Waals surface area contributed by atoms with Gasteiger partial charge in [0.25, 0.3) is 0 Å². The molecule has 0 rings (SSSR count). The van der Waals surface area contributed by atoms with Crippen LogP contribution in [0.3, 0.4) is 0 Å². The Morgan fingerprint density at radius 1 is 1.05 bits per heavy atom. The van der Waals surface area contributed by atoms with E-state index in [9.17, 15) is 9.59 Å². The van der Waals surface area contributed by atoms with Gasteiger partial charge < -0.3 is 19.6 Å². The summed E-state index contributed by atoms with van der Waals surface area (Å²) in [5.41, 5.74) is -0.574. The van der Waals surface area contributed by atoms with Gasteiger partial charge in [0, 0.05) is 19.4 Å². The summed E-state index contributed by atoms with van der Waals surface area (Å²) in [7, 11) is 0. The van der Waals surface area contributed by atoms with E-state index in [-0.39, 0.29) is 17.1 Å². The minimum Gasteiger partial charge on any atom is -0.375 e. The molecule has 0 aliphatic heterocycles. The number of carbonyl (C=O) groups excluding carboxylic acids is 2. The first-order valence-electron chi connectivity index (χ1n) is 7.70. The van der Waals surface area contributed by atoms with E-state index in [2.05, 4.69) is 5.32 Å². The summed E-state index contributed by atoms with van der Waals surface area (Å²) in [6, 6.07) is 0. The number of carbonyl (C=O) groups is 2. The molecule has 0 heterocycles. The van der Waals surface area contributed by atoms with E-state index >= 15 is 0 Å². The molecule has 0 atom stereocenters. The summed E-state index contributed by atoms with van der Waals surface area (Å²) in [5, 5.41) is 2.85. The Kier molecular flexibility index (Phi) is 9.46. The Hall–Kier alpha value is -0.940. The summed E-state index contributed by atoms with van der Waals surface area (Å²) in [5.74, 6) is 0.0653. The third-order valence-electron chi connectivity index (χ3n) is 3.30. The first-order valence-corrected chi connectivity index (χ1v) is 7.70. The van der Waals surface area contributed by atoms with Gasteiger partial charge in [0.05, 0.1) is 24.4 Å². The molecule has 0 saturated heterocycles. The quantitative estimate of drug-likeness (QED) is 0.444. The summed E-state index contributed by atoms with van der Waals surface area (Å²) in [4.78, 5) is 21.4. The van der Waals surface area contributed by atoms with E-state index in [0.29, 0.717) is 32.6 Å². The molecule has 0 aliphatic rings. The maximum absolute atomic E-state index is 11.2. The third-order valence-corrected chi connectivity index (χ3v) is 3.30. The van der Waals surface area contributed by atoms with Crippen LogP contribution >= 0.6 is 0 Å². The Labute approximate surface area is 128 Å². The van der Waals surface area contributed by atoms with Crippen LogP contribution in [-0.4, -0.2) is 43.2 Å². The van der Waals surface area contributed by atoms with Crippen molar-refractivity contribution < 1.29 is 19.1 Å². The average molecular weight is 301 g/mol. The zero-order valence-electron chi connectivity index (χ0n) is 14.2. The summed E-state index contributed by atoms with van der Waals surface area (Å²) in [6.45, 7) is 11.5. The molecule has 0 aromatic rings. The van der Waals surface area contributed by atoms with Gasteiger partial charge in [-0.15, -0.1) is 0 Å². The molecule has 5 heteroatoms. The number of ether oxygens (including phenoxy) is 2. The van der Waals surface area contributed by atoms with Gasteiger partial charge in [-0.1, -0.05) is 6.92 Å². The first-order chi connectivity index (χ1) is 9.72. The smallest absolute Gasteiger partial charge is 0.219 e. The molecular formula is C16H31NO4. The molecular weight excluding hydrogens is 270 g/mol. The van der Waals surface area contributed by atoms with Crippen LogP contribution in [0.2, 0.25) is 0 Å². The molecule has 0 bridgehead atoms. The van der Waals surface area contributed by atoms with Crippen LogP contribution in [0.5, 0.6) is 0 Å². The Morgan fingerprint density at radius 2 is 1.62 bits per heavy atom. The molecule has 0 saturated carbocycles. The van der Waals surface area contributed by atoms with Crippen molar-refractivity contribution in [2.24, 2.45) is 0 Å². The average Bonchev–Trinajstić information content (AvgIpc) is 2.37. The molecule has 124 valence electrons. The van der Waals surface area contributed by atoms with Crippen molar-refractivity contribution in [3.05, 3.63) is 0 Å². The van der Waals surface area contributed by atoms with E-state index in [1.165, 1.54) is 0 Å². The minimum absolute atomic E-state index is 0.0653. The van der Waals surface area contributed by atoms with Gasteiger partial charge in [0.15, 0.2) is 0 Å². The highest BCUT2D eigenvalue weighted by molar-refractivity contribution is 5.75. The van der Waals surface area contributed by atoms with E-state index in [4.69, 9.17) is 9.47 Å². The standard InChI is InChI=1S/C16H31NO4/c1-6-14(19)17-10-8-15(2,3)21-13-9-16(4,5)20-12-7-11-18/h11H,6-10,12-13H2,1-5H3,(H,17,19). The van der Waals surface area contributed by atoms with E-state index in [1.54, 1.807) is 0 Å². The number of aldehydes is 1. The zero-order valence-corrected chi connectivity index (χ0v) is 14.2. The van der Waals surface area contributed by atoms with Crippen molar-refractivity contribution in [2.75, 3.05) is 19.8 Å². The van der Waals surface area contributed by atoms with Crippen LogP contribution in [0.15, 0.2) is 0 Å². The maximum Gasteiger partial charge on any atom is 0.219 e. The van der Waals surface area contributed by atoms with E-state index in [1.807, 2.05) is 34.6 Å². The van der Waals surface area contributed by atoms with Gasteiger partial charge in [-0.2, -0.15) is 0 Å². The summed E-state index contributed by atoms with van der Waals surface area (Å²) in [6.07, 6.45) is 3.32. The van der Waals surface area contributed by atoms with Gasteiger partial charge in [-0.05, 0) is 40.5 Å². The molecule has 0 aromatic heterocycles. The molecule has 0 aliphatic carbocycles. The third kappa shape index (κ3) is 11.4. The maximum atomic E-state index is 11.2. The number of nitrogens with one attached hydrogen (secondary N) is 1. The first kappa shape index (κ1) is 20.1. The molecule has 1 amide bonds. The normalized spacial score (nSPS) is 12.2. The zero-order chi connectivity index (χ0) is 16.4. The van der Waals surface area contributed by atoms with Gasteiger partial charge >= 0.3 is 0 Å². The second-order valence-corrected chi connectivity index (χ2v) is 6.38. The highest BCUT2D eigenvalue weighted by Gasteiger charge is 2.22. The minimum atomic E-state index is -0.296. The fourth-order valence-corrected chi connectivity index (χ4v) is 1.73. The lowest BCUT2D eigenvalue weighted by Gasteiger charge is -2.29. The Balaban J connectivity index is 3.90. The molecule has 1 N–H and O–H groups in total. The topological polar surface area (TPSA) is 64.6 Å². The number of hydrogen-bond acceptors (Lipinski definition) is 4. The van der Waals surface area contributed by atoms with Crippen LogP contribution in [0, 0.1) is 0 Å². The molecule has 0 unspecified atom stereocenters. The highest BCUT2D eigenvalue weighted by atomic mass is 16.5. The molecule has 0 fully saturated rings. The van der Waals surface area contributed by atoms with Crippen LogP contribution in [0.25, 0.3) is 0 Å². The Bertz CT molecular complexity index is 313. The summed E-state index contributed by atoms with van der Waals surface area (Å²) < 4.78 is 11.5. The molecule has 0 aromatic carbocycles. The van der Waals surface area contributed by atoms with Gasteiger partial charge in [-0.25, -0.2) is 0 Å². The van der Waals surface area contributed by atoms with Crippen molar-refractivity contribution in [3.63, 3.8) is 0 Å². The van der Waals surface area contributed by atoms with Gasteiger partial charge in [0.1, 0.15) is 6.29 Å². The van der Waals surface area contributed by atoms with Crippen LogP contribution < -0.4 is 5.32 Å². The number of rotatable bonds is 12. The monoisotopic (exact) mass is 301 g/mol. The largest absolute Gasteiger partial charge is 0.375 e. The second-order valence-electron chi connectivity index (χ2n) is 6.38. The van der Waals surface area contributed by atoms with Gasteiger partial charge in [0.2, 0.25) is 5.91 Å². The van der Waals surface area contributed by atoms with Crippen molar-refractivity contribution in [3.8, 4) is 0 Å². The van der Waals surface area contributed by atoms with Crippen LogP contribution in [-0.2, 0) is 19.1 Å². The molecule has 0 spiro atoms. The van der Waals surface area contributed by atoms with Crippen molar-refractivity contribution in [2.45, 2.75) is 71.5 Å². The molecule has 0 radical (unpaired) electrons. The molecule has 21 heavy (non-hydrogen) atoms. The summed E-state index contributed by atoms with van der Waals surface area (Å²) >= 11 is 0. The van der Waals surface area contributed by atoms with E-state index in [0.717, 1.165) is 19.1 Å². The fourth-order valence-electron chi connectivity index (χ4n) is 1.73. The number of hydrogen-bond donors (Lipinski definition) is 1. The van der Waals surface area contributed by atoms with Crippen molar-refractivity contribution in [1.82, 2.24) is 5.32 Å². The lowest BCUT2D eigenvalue weighted by Crippen LogP contribution is -2.34. The Morgan fingerprint density at radius 3 is 2.19 bits per heavy atom.